The van der Waals surface area contributed by atoms with E-state index in [0.29, 0.717) is 6.42 Å². The van der Waals surface area contributed by atoms with Crippen LogP contribution in [-0.4, -0.2) is 9.78 Å². The van der Waals surface area contributed by atoms with E-state index in [1.165, 1.54) is 0 Å². The lowest BCUT2D eigenvalue weighted by atomic mass is 9.85. The maximum absolute atomic E-state index is 13.7. The van der Waals surface area contributed by atoms with Gasteiger partial charge in [0.2, 0.25) is 0 Å². The zero-order valence-electron chi connectivity index (χ0n) is 9.05. The molecular weight excluding hydrogens is 179 g/mol. The molecule has 14 heavy (non-hydrogen) atoms. The van der Waals surface area contributed by atoms with E-state index in [9.17, 15) is 4.39 Å². The van der Waals surface area contributed by atoms with Crippen molar-refractivity contribution in [3.63, 3.8) is 0 Å². The Morgan fingerprint density at radius 1 is 1.50 bits per heavy atom. The highest BCUT2D eigenvalue weighted by atomic mass is 19.1. The van der Waals surface area contributed by atoms with E-state index in [4.69, 9.17) is 0 Å². The lowest BCUT2D eigenvalue weighted by molar-refractivity contribution is 0.255. The number of rotatable bonds is 0. The molecule has 0 amide bonds. The number of nitrogens with zero attached hydrogens (tertiary/aromatic N) is 2. The number of hydrogen-bond donors (Lipinski definition) is 0. The van der Waals surface area contributed by atoms with Gasteiger partial charge in [0.1, 0.15) is 6.17 Å². The average molecular weight is 196 g/mol. The summed E-state index contributed by atoms with van der Waals surface area (Å²) in [5.41, 5.74) is 1.86. The topological polar surface area (TPSA) is 17.8 Å². The summed E-state index contributed by atoms with van der Waals surface area (Å²) in [7, 11) is 0. The van der Waals surface area contributed by atoms with Gasteiger partial charge >= 0.3 is 0 Å². The smallest absolute Gasteiger partial charge is 0.142 e. The van der Waals surface area contributed by atoms with E-state index >= 15 is 0 Å². The van der Waals surface area contributed by atoms with E-state index in [1.54, 1.807) is 0 Å². The van der Waals surface area contributed by atoms with Gasteiger partial charge in [0.05, 0.1) is 11.9 Å². The first-order valence-corrected chi connectivity index (χ1v) is 5.20. The second-order valence-corrected chi connectivity index (χ2v) is 5.03. The van der Waals surface area contributed by atoms with Crippen molar-refractivity contribution < 1.29 is 4.39 Å². The molecule has 1 aliphatic rings. The molecule has 2 rings (SSSR count). The van der Waals surface area contributed by atoms with Crippen LogP contribution < -0.4 is 0 Å². The Balaban J connectivity index is 2.49. The van der Waals surface area contributed by atoms with Crippen molar-refractivity contribution in [3.8, 4) is 0 Å². The number of hydrogen-bond acceptors (Lipinski definition) is 1. The molecule has 0 aromatic carbocycles. The van der Waals surface area contributed by atoms with Gasteiger partial charge in [-0.1, -0.05) is 20.8 Å². The summed E-state index contributed by atoms with van der Waals surface area (Å²) in [6, 6.07) is 0. The lowest BCUT2D eigenvalue weighted by Crippen LogP contribution is -2.19. The van der Waals surface area contributed by atoms with Crippen LogP contribution in [0.1, 0.15) is 51.0 Å². The van der Waals surface area contributed by atoms with Gasteiger partial charge in [-0.05, 0) is 18.3 Å². The predicted octanol–water partition coefficient (Wildman–Crippen LogP) is 2.99. The SMILES string of the molecule is CC(C)(C)c1cnn2c1C(F)CCC2. The van der Waals surface area contributed by atoms with Crippen LogP contribution in [0.5, 0.6) is 0 Å². The van der Waals surface area contributed by atoms with Crippen LogP contribution in [0.15, 0.2) is 6.20 Å². The molecule has 1 aromatic rings. The Hall–Kier alpha value is -0.860. The molecule has 2 heterocycles. The Morgan fingerprint density at radius 3 is 2.86 bits per heavy atom. The van der Waals surface area contributed by atoms with Gasteiger partial charge in [-0.2, -0.15) is 5.10 Å². The Bertz CT molecular complexity index is 336. The second kappa shape index (κ2) is 3.07. The highest BCUT2D eigenvalue weighted by Gasteiger charge is 2.29. The first-order chi connectivity index (χ1) is 6.50. The van der Waals surface area contributed by atoms with Gasteiger partial charge in [-0.3, -0.25) is 4.68 Å². The van der Waals surface area contributed by atoms with Crippen LogP contribution in [0, 0.1) is 0 Å². The molecule has 3 heteroatoms. The number of alkyl halides is 1. The van der Waals surface area contributed by atoms with E-state index in [0.717, 1.165) is 24.2 Å². The molecule has 1 aliphatic heterocycles. The Kier molecular flexibility index (Phi) is 2.13. The molecule has 1 unspecified atom stereocenters. The third-order valence-corrected chi connectivity index (χ3v) is 2.81. The quantitative estimate of drug-likeness (QED) is 0.623. The largest absolute Gasteiger partial charge is 0.266 e. The number of aromatic nitrogens is 2. The molecule has 1 atom stereocenters. The molecule has 1 aromatic heterocycles. The van der Waals surface area contributed by atoms with Gasteiger partial charge in [0, 0.05) is 12.1 Å². The van der Waals surface area contributed by atoms with E-state index in [-0.39, 0.29) is 5.41 Å². The van der Waals surface area contributed by atoms with Crippen LogP contribution in [-0.2, 0) is 12.0 Å². The minimum absolute atomic E-state index is 0.00470. The molecule has 0 spiro atoms. The molecule has 78 valence electrons. The fourth-order valence-electron chi connectivity index (χ4n) is 2.04. The molecule has 0 aliphatic carbocycles. The van der Waals surface area contributed by atoms with Gasteiger partial charge < -0.3 is 0 Å². The van der Waals surface area contributed by atoms with Crippen LogP contribution in [0.3, 0.4) is 0 Å². The van der Waals surface area contributed by atoms with E-state index < -0.39 is 6.17 Å². The summed E-state index contributed by atoms with van der Waals surface area (Å²) >= 11 is 0. The van der Waals surface area contributed by atoms with Crippen molar-refractivity contribution in [3.05, 3.63) is 17.5 Å². The third kappa shape index (κ3) is 1.45. The van der Waals surface area contributed by atoms with Crippen LogP contribution in [0.4, 0.5) is 4.39 Å². The third-order valence-electron chi connectivity index (χ3n) is 2.81. The highest BCUT2D eigenvalue weighted by molar-refractivity contribution is 5.28. The van der Waals surface area contributed by atoms with Crippen molar-refractivity contribution >= 4 is 0 Å². The summed E-state index contributed by atoms with van der Waals surface area (Å²) in [5.74, 6) is 0. The number of fused-ring (bicyclic) bond motifs is 1. The van der Waals surface area contributed by atoms with Crippen molar-refractivity contribution in [2.45, 2.75) is 51.7 Å². The Labute approximate surface area is 84.1 Å². The zero-order chi connectivity index (χ0) is 10.3. The van der Waals surface area contributed by atoms with Gasteiger partial charge in [-0.15, -0.1) is 0 Å². The standard InChI is InChI=1S/C11H17FN2/c1-11(2,3)8-7-13-14-6-4-5-9(12)10(8)14/h7,9H,4-6H2,1-3H3. The maximum Gasteiger partial charge on any atom is 0.142 e. The minimum Gasteiger partial charge on any atom is -0.266 e. The molecule has 0 N–H and O–H groups in total. The number of halogens is 1. The highest BCUT2D eigenvalue weighted by Crippen LogP contribution is 2.36. The fourth-order valence-corrected chi connectivity index (χ4v) is 2.04. The predicted molar refractivity (Wildman–Crippen MR) is 54.0 cm³/mol. The van der Waals surface area contributed by atoms with Crippen molar-refractivity contribution in [1.82, 2.24) is 9.78 Å². The Morgan fingerprint density at radius 2 is 2.21 bits per heavy atom. The monoisotopic (exact) mass is 196 g/mol. The van der Waals surface area contributed by atoms with Crippen LogP contribution >= 0.6 is 0 Å². The molecule has 0 radical (unpaired) electrons. The average Bonchev–Trinajstić information content (AvgIpc) is 2.47. The van der Waals surface area contributed by atoms with E-state index in [1.807, 2.05) is 10.9 Å². The van der Waals surface area contributed by atoms with Gasteiger partial charge in [0.25, 0.3) is 0 Å². The van der Waals surface area contributed by atoms with Gasteiger partial charge in [-0.25, -0.2) is 4.39 Å². The lowest BCUT2D eigenvalue weighted by Gasteiger charge is -2.24. The maximum atomic E-state index is 13.7. The summed E-state index contributed by atoms with van der Waals surface area (Å²) in [6.07, 6.45) is 2.56. The normalized spacial score (nSPS) is 22.1. The second-order valence-electron chi connectivity index (χ2n) is 5.03. The van der Waals surface area contributed by atoms with Gasteiger partial charge in [0.15, 0.2) is 0 Å². The molecule has 0 fully saturated rings. The fraction of sp³-hybridized carbons (Fsp3) is 0.727. The van der Waals surface area contributed by atoms with Crippen LogP contribution in [0.25, 0.3) is 0 Å². The summed E-state index contributed by atoms with van der Waals surface area (Å²) < 4.78 is 15.6. The first-order valence-electron chi connectivity index (χ1n) is 5.20. The first kappa shape index (κ1) is 9.69. The molecule has 0 saturated heterocycles. The molecular formula is C11H17FN2. The summed E-state index contributed by atoms with van der Waals surface area (Å²) in [6.45, 7) is 7.18. The van der Waals surface area contributed by atoms with Crippen molar-refractivity contribution in [1.29, 1.82) is 0 Å². The molecule has 0 saturated carbocycles. The molecule has 2 nitrogen and oxygen atoms in total. The zero-order valence-corrected chi connectivity index (χ0v) is 9.05. The van der Waals surface area contributed by atoms with Crippen molar-refractivity contribution in [2.24, 2.45) is 0 Å². The van der Waals surface area contributed by atoms with E-state index in [2.05, 4.69) is 25.9 Å². The minimum atomic E-state index is -0.819. The van der Waals surface area contributed by atoms with Crippen molar-refractivity contribution in [2.75, 3.05) is 0 Å². The number of aryl methyl sites for hydroxylation is 1. The van der Waals surface area contributed by atoms with Crippen LogP contribution in [0.2, 0.25) is 0 Å². The summed E-state index contributed by atoms with van der Waals surface area (Å²) in [5, 5.41) is 4.25. The summed E-state index contributed by atoms with van der Waals surface area (Å²) in [4.78, 5) is 0. The molecule has 0 bridgehead atoms.